The van der Waals surface area contributed by atoms with Crippen molar-refractivity contribution in [1.82, 2.24) is 4.31 Å². The maximum absolute atomic E-state index is 13.2. The van der Waals surface area contributed by atoms with Gasteiger partial charge in [0, 0.05) is 25.2 Å². The van der Waals surface area contributed by atoms with E-state index in [1.165, 1.54) is 12.1 Å². The lowest BCUT2D eigenvalue weighted by molar-refractivity contribution is -0.119. The zero-order valence-electron chi connectivity index (χ0n) is 16.6. The minimum absolute atomic E-state index is 0.00582. The molecule has 10 heteroatoms. The van der Waals surface area contributed by atoms with Crippen LogP contribution in [0.4, 0.5) is 15.8 Å². The van der Waals surface area contributed by atoms with Gasteiger partial charge < -0.3 is 10.2 Å². The van der Waals surface area contributed by atoms with E-state index < -0.39 is 27.8 Å². The van der Waals surface area contributed by atoms with Gasteiger partial charge in [-0.2, -0.15) is 4.31 Å². The molecule has 0 unspecified atom stereocenters. The summed E-state index contributed by atoms with van der Waals surface area (Å²) in [4.78, 5) is 26.4. The van der Waals surface area contributed by atoms with Crippen LogP contribution in [-0.4, -0.2) is 43.7 Å². The van der Waals surface area contributed by atoms with E-state index in [0.29, 0.717) is 42.2 Å². The second-order valence-electron chi connectivity index (χ2n) is 7.53. The highest BCUT2D eigenvalue weighted by atomic mass is 35.5. The first kappa shape index (κ1) is 21.7. The summed E-state index contributed by atoms with van der Waals surface area (Å²) >= 11 is 6.33. The molecule has 31 heavy (non-hydrogen) atoms. The Balaban J connectivity index is 1.51. The largest absolute Gasteiger partial charge is 0.325 e. The molecule has 1 N–H and O–H groups in total. The van der Waals surface area contributed by atoms with Crippen molar-refractivity contribution in [3.8, 4) is 0 Å². The number of sulfonamides is 1. The standard InChI is InChI=1S/C21H21ClFN3O4S/c22-17-13-15(7-10-18(17)25-11-2-4-20(25)27)24-21(28)19-3-1-12-26(19)31(29,30)16-8-5-14(23)6-9-16/h5-10,13,19H,1-4,11-12H2,(H,24,28)/t19-/m1/s1. The molecule has 2 aliphatic rings. The van der Waals surface area contributed by atoms with E-state index in [2.05, 4.69) is 5.32 Å². The second kappa shape index (κ2) is 8.57. The van der Waals surface area contributed by atoms with Gasteiger partial charge in [0.2, 0.25) is 21.8 Å². The first-order valence-electron chi connectivity index (χ1n) is 9.95. The quantitative estimate of drug-likeness (QED) is 0.733. The van der Waals surface area contributed by atoms with E-state index in [1.54, 1.807) is 23.1 Å². The molecule has 4 rings (SSSR count). The Labute approximate surface area is 184 Å². The highest BCUT2D eigenvalue weighted by Gasteiger charge is 2.39. The summed E-state index contributed by atoms with van der Waals surface area (Å²) in [5, 5.41) is 3.05. The molecule has 1 atom stereocenters. The van der Waals surface area contributed by atoms with Gasteiger partial charge in [-0.05, 0) is 61.7 Å². The van der Waals surface area contributed by atoms with Gasteiger partial charge in [-0.1, -0.05) is 11.6 Å². The molecule has 0 spiro atoms. The number of hydrogen-bond donors (Lipinski definition) is 1. The van der Waals surface area contributed by atoms with Gasteiger partial charge in [-0.15, -0.1) is 0 Å². The maximum atomic E-state index is 13.2. The van der Waals surface area contributed by atoms with Crippen LogP contribution in [0.1, 0.15) is 25.7 Å². The number of anilines is 2. The van der Waals surface area contributed by atoms with Gasteiger partial charge in [0.15, 0.2) is 0 Å². The summed E-state index contributed by atoms with van der Waals surface area (Å²) in [6, 6.07) is 8.51. The molecule has 2 aliphatic heterocycles. The van der Waals surface area contributed by atoms with Gasteiger partial charge >= 0.3 is 0 Å². The van der Waals surface area contributed by atoms with Crippen LogP contribution in [0, 0.1) is 5.82 Å². The molecule has 2 fully saturated rings. The zero-order valence-corrected chi connectivity index (χ0v) is 18.1. The average molecular weight is 466 g/mol. The number of amides is 2. The summed E-state index contributed by atoms with van der Waals surface area (Å²) in [5.74, 6) is -0.999. The highest BCUT2D eigenvalue weighted by molar-refractivity contribution is 7.89. The molecule has 164 valence electrons. The minimum Gasteiger partial charge on any atom is -0.325 e. The first-order chi connectivity index (χ1) is 14.8. The zero-order chi connectivity index (χ0) is 22.2. The van der Waals surface area contributed by atoms with Crippen molar-refractivity contribution in [3.63, 3.8) is 0 Å². The molecule has 2 heterocycles. The predicted molar refractivity (Wildman–Crippen MR) is 115 cm³/mol. The van der Waals surface area contributed by atoms with Gasteiger partial charge in [0.1, 0.15) is 11.9 Å². The third-order valence-corrected chi connectivity index (χ3v) is 7.73. The molecule has 2 aromatic carbocycles. The molecule has 0 aromatic heterocycles. The molecular weight excluding hydrogens is 445 g/mol. The molecule has 7 nitrogen and oxygen atoms in total. The van der Waals surface area contributed by atoms with E-state index >= 15 is 0 Å². The number of carbonyl (C=O) groups is 2. The van der Waals surface area contributed by atoms with Crippen LogP contribution in [0.3, 0.4) is 0 Å². The molecule has 2 aromatic rings. The maximum Gasteiger partial charge on any atom is 0.243 e. The lowest BCUT2D eigenvalue weighted by Crippen LogP contribution is -2.43. The molecule has 0 aliphatic carbocycles. The average Bonchev–Trinajstić information content (AvgIpc) is 3.38. The van der Waals surface area contributed by atoms with Crippen molar-refractivity contribution in [1.29, 1.82) is 0 Å². The van der Waals surface area contributed by atoms with E-state index in [-0.39, 0.29) is 17.3 Å². The van der Waals surface area contributed by atoms with E-state index in [4.69, 9.17) is 11.6 Å². The number of carbonyl (C=O) groups excluding carboxylic acids is 2. The summed E-state index contributed by atoms with van der Waals surface area (Å²) in [5.41, 5.74) is 1.000. The Morgan fingerprint density at radius 3 is 2.48 bits per heavy atom. The second-order valence-corrected chi connectivity index (χ2v) is 9.83. The predicted octanol–water partition coefficient (Wildman–Crippen LogP) is 3.40. The van der Waals surface area contributed by atoms with Crippen molar-refractivity contribution < 1.29 is 22.4 Å². The fraction of sp³-hybridized carbons (Fsp3) is 0.333. The molecule has 0 bridgehead atoms. The number of hydrogen-bond acceptors (Lipinski definition) is 4. The molecule has 0 saturated carbocycles. The lowest BCUT2D eigenvalue weighted by atomic mass is 10.2. The molecule has 0 radical (unpaired) electrons. The number of nitrogens with zero attached hydrogens (tertiary/aromatic N) is 2. The molecular formula is C21H21ClFN3O4S. The van der Waals surface area contributed by atoms with Crippen molar-refractivity contribution in [2.75, 3.05) is 23.3 Å². The highest BCUT2D eigenvalue weighted by Crippen LogP contribution is 2.32. The van der Waals surface area contributed by atoms with Crippen LogP contribution in [0.5, 0.6) is 0 Å². The Kier molecular flexibility index (Phi) is 6.00. The van der Waals surface area contributed by atoms with Gasteiger partial charge in [0.25, 0.3) is 0 Å². The van der Waals surface area contributed by atoms with Crippen LogP contribution in [-0.2, 0) is 19.6 Å². The number of rotatable bonds is 5. The van der Waals surface area contributed by atoms with Crippen molar-refractivity contribution >= 4 is 44.8 Å². The van der Waals surface area contributed by atoms with E-state index in [1.807, 2.05) is 0 Å². The normalized spacial score (nSPS) is 19.7. The lowest BCUT2D eigenvalue weighted by Gasteiger charge is -2.24. The number of halogens is 2. The van der Waals surface area contributed by atoms with E-state index in [0.717, 1.165) is 22.9 Å². The summed E-state index contributed by atoms with van der Waals surface area (Å²) < 4.78 is 40.2. The minimum atomic E-state index is -3.94. The Bertz CT molecular complexity index is 1120. The summed E-state index contributed by atoms with van der Waals surface area (Å²) in [6.07, 6.45) is 2.16. The Morgan fingerprint density at radius 2 is 1.84 bits per heavy atom. The molecule has 2 saturated heterocycles. The van der Waals surface area contributed by atoms with E-state index in [9.17, 15) is 22.4 Å². The van der Waals surface area contributed by atoms with Crippen molar-refractivity contribution in [2.45, 2.75) is 36.6 Å². The number of nitrogens with one attached hydrogen (secondary N) is 1. The molecule has 2 amide bonds. The SMILES string of the molecule is O=C(Nc1ccc(N2CCCC2=O)c(Cl)c1)[C@H]1CCCN1S(=O)(=O)c1ccc(F)cc1. The van der Waals surface area contributed by atoms with Crippen LogP contribution >= 0.6 is 11.6 Å². The van der Waals surface area contributed by atoms with Gasteiger partial charge in [0.05, 0.1) is 15.6 Å². The first-order valence-corrected chi connectivity index (χ1v) is 11.8. The number of benzene rings is 2. The van der Waals surface area contributed by atoms with Crippen LogP contribution in [0.15, 0.2) is 47.4 Å². The summed E-state index contributed by atoms with van der Waals surface area (Å²) in [7, 11) is -3.94. The third kappa shape index (κ3) is 4.30. The Morgan fingerprint density at radius 1 is 1.10 bits per heavy atom. The fourth-order valence-corrected chi connectivity index (χ4v) is 5.90. The van der Waals surface area contributed by atoms with Crippen LogP contribution in [0.25, 0.3) is 0 Å². The van der Waals surface area contributed by atoms with Crippen LogP contribution < -0.4 is 10.2 Å². The van der Waals surface area contributed by atoms with Crippen molar-refractivity contribution in [2.24, 2.45) is 0 Å². The van der Waals surface area contributed by atoms with Crippen LogP contribution in [0.2, 0.25) is 5.02 Å². The van der Waals surface area contributed by atoms with Gasteiger partial charge in [-0.3, -0.25) is 9.59 Å². The Hall–Kier alpha value is -2.49. The smallest absolute Gasteiger partial charge is 0.243 e. The van der Waals surface area contributed by atoms with Crippen molar-refractivity contribution in [3.05, 3.63) is 53.3 Å². The third-order valence-electron chi connectivity index (χ3n) is 5.51. The topological polar surface area (TPSA) is 86.8 Å². The fourth-order valence-electron chi connectivity index (χ4n) is 3.96. The summed E-state index contributed by atoms with van der Waals surface area (Å²) in [6.45, 7) is 0.803. The van der Waals surface area contributed by atoms with Gasteiger partial charge in [-0.25, -0.2) is 12.8 Å². The monoisotopic (exact) mass is 465 g/mol.